The number of benzene rings is 7. The van der Waals surface area contributed by atoms with Crippen molar-refractivity contribution < 1.29 is 0 Å². The van der Waals surface area contributed by atoms with Gasteiger partial charge < -0.3 is 18.3 Å². The molecule has 11 heteroatoms. The highest BCUT2D eigenvalue weighted by Gasteiger charge is 2.36. The second kappa shape index (κ2) is 17.0. The number of aromatic nitrogens is 10. The fraction of sp³-hybridized carbons (Fsp3) is 0. The molecule has 9 aromatic heterocycles. The largest absolute Gasteiger partial charge is 0.305 e. The van der Waals surface area contributed by atoms with E-state index in [4.69, 9.17) is 29.9 Å². The maximum absolute atomic E-state index is 12.8. The summed E-state index contributed by atoms with van der Waals surface area (Å²) in [5.41, 5.74) is 13.7. The third kappa shape index (κ3) is 6.19. The van der Waals surface area contributed by atoms with Crippen LogP contribution in [0.1, 0.15) is 5.56 Å². The van der Waals surface area contributed by atoms with Gasteiger partial charge in [0.1, 0.15) is 6.07 Å². The SMILES string of the molecule is N#Cc1c(-c2nc(-c3ccccc3)cc(-c3ccccc3)n2)c(-n2c3ccccc3c3ccncc32)c(-n2c3ccccc3c3ccncc32)c(-n2c3ccccc3c3ccncc32)c1-n1c2ccccc2c2ccncc21. The minimum Gasteiger partial charge on any atom is -0.305 e. The maximum Gasteiger partial charge on any atom is 0.164 e. The minimum atomic E-state index is 0.336. The topological polar surface area (TPSA) is 121 Å². The van der Waals surface area contributed by atoms with Crippen molar-refractivity contribution >= 4 is 87.2 Å². The fourth-order valence-electron chi connectivity index (χ4n) is 12.2. The van der Waals surface area contributed by atoms with E-state index in [1.54, 1.807) is 0 Å². The Morgan fingerprint density at radius 3 is 0.987 bits per heavy atom. The zero-order valence-electron chi connectivity index (χ0n) is 41.4. The standard InChI is InChI=1S/C67H39N11/c68-36-51-62(67-73-52(41-15-3-1-4-16-41)35-53(74-67)42-17-5-2-6-18-42)64(76-55-24-12-8-20-44(55)48-28-32-70-38-59(48)76)66(78-57-26-14-10-22-46(57)50-30-34-72-40-61(50)78)65(77-56-25-13-9-21-45(56)49-29-33-71-39-60(49)77)63(51)75-54-23-11-7-19-43(54)47-27-31-69-37-58(47)75/h1-35,37-40H. The van der Waals surface area contributed by atoms with Crippen molar-refractivity contribution in [2.75, 3.05) is 0 Å². The first-order valence-electron chi connectivity index (χ1n) is 25.7. The van der Waals surface area contributed by atoms with Crippen LogP contribution in [0.15, 0.2) is 238 Å². The summed E-state index contributed by atoms with van der Waals surface area (Å²) in [7, 11) is 0. The Kier molecular flexibility index (Phi) is 9.43. The second-order valence-electron chi connectivity index (χ2n) is 19.4. The summed E-state index contributed by atoms with van der Waals surface area (Å²) in [4.78, 5) is 30.8. The van der Waals surface area contributed by atoms with Crippen LogP contribution in [0.4, 0.5) is 0 Å². The van der Waals surface area contributed by atoms with Gasteiger partial charge in [-0.05, 0) is 54.6 Å². The molecule has 78 heavy (non-hydrogen) atoms. The van der Waals surface area contributed by atoms with Gasteiger partial charge >= 0.3 is 0 Å². The number of nitrogens with zero attached hydrogens (tertiary/aromatic N) is 11. The van der Waals surface area contributed by atoms with Gasteiger partial charge in [-0.25, -0.2) is 9.97 Å². The van der Waals surface area contributed by atoms with E-state index < -0.39 is 0 Å². The molecule has 11 nitrogen and oxygen atoms in total. The molecule has 16 aromatic rings. The quantitative estimate of drug-likeness (QED) is 0.156. The molecule has 0 aliphatic carbocycles. The average Bonchev–Trinajstić information content (AvgIpc) is 4.42. The summed E-state index contributed by atoms with van der Waals surface area (Å²) in [6.45, 7) is 0. The van der Waals surface area contributed by atoms with Crippen molar-refractivity contribution in [2.24, 2.45) is 0 Å². The molecule has 0 bridgehead atoms. The van der Waals surface area contributed by atoms with Crippen molar-refractivity contribution in [3.05, 3.63) is 243 Å². The van der Waals surface area contributed by atoms with Crippen molar-refractivity contribution in [1.82, 2.24) is 48.2 Å². The lowest BCUT2D eigenvalue weighted by Crippen LogP contribution is -2.17. The summed E-state index contributed by atoms with van der Waals surface area (Å²) in [5.74, 6) is 0.354. The van der Waals surface area contributed by atoms with Gasteiger partial charge in [0.05, 0.1) is 114 Å². The van der Waals surface area contributed by atoms with Crippen LogP contribution in [0.3, 0.4) is 0 Å². The van der Waals surface area contributed by atoms with E-state index in [1.807, 2.05) is 92.0 Å². The van der Waals surface area contributed by atoms with E-state index in [0.717, 1.165) is 104 Å². The van der Waals surface area contributed by atoms with Crippen LogP contribution in [0, 0.1) is 11.3 Å². The first kappa shape index (κ1) is 43.3. The van der Waals surface area contributed by atoms with E-state index in [-0.39, 0.29) is 0 Å². The van der Waals surface area contributed by atoms with Gasteiger partial charge in [-0.2, -0.15) is 5.26 Å². The molecular formula is C67H39N11. The van der Waals surface area contributed by atoms with Gasteiger partial charge in [-0.1, -0.05) is 133 Å². The van der Waals surface area contributed by atoms with E-state index in [1.165, 1.54) is 0 Å². The molecule has 0 saturated carbocycles. The average molecular weight is 998 g/mol. The Morgan fingerprint density at radius 1 is 0.308 bits per heavy atom. The molecule has 0 fully saturated rings. The monoisotopic (exact) mass is 997 g/mol. The van der Waals surface area contributed by atoms with E-state index in [2.05, 4.69) is 170 Å². The highest BCUT2D eigenvalue weighted by atomic mass is 15.2. The number of hydrogen-bond acceptors (Lipinski definition) is 7. The first-order valence-corrected chi connectivity index (χ1v) is 25.7. The molecule has 0 radical (unpaired) electrons. The summed E-state index contributed by atoms with van der Waals surface area (Å²) in [5, 5.41) is 20.9. The first-order chi connectivity index (χ1) is 38.7. The number of para-hydroxylation sites is 4. The van der Waals surface area contributed by atoms with Crippen LogP contribution in [-0.2, 0) is 0 Å². The third-order valence-electron chi connectivity index (χ3n) is 15.4. The molecule has 16 rings (SSSR count). The highest BCUT2D eigenvalue weighted by molar-refractivity contribution is 6.16. The number of nitriles is 1. The van der Waals surface area contributed by atoms with Crippen molar-refractivity contribution in [1.29, 1.82) is 5.26 Å². The van der Waals surface area contributed by atoms with Gasteiger partial charge in [0.2, 0.25) is 0 Å². The number of fused-ring (bicyclic) bond motifs is 12. The Morgan fingerprint density at radius 2 is 0.615 bits per heavy atom. The Labute approximate surface area is 444 Å². The molecule has 0 aliphatic heterocycles. The third-order valence-corrected chi connectivity index (χ3v) is 15.4. The van der Waals surface area contributed by atoms with Crippen LogP contribution in [-0.4, -0.2) is 48.2 Å². The van der Waals surface area contributed by atoms with Gasteiger partial charge in [0.15, 0.2) is 5.82 Å². The second-order valence-corrected chi connectivity index (χ2v) is 19.4. The molecule has 0 N–H and O–H groups in total. The van der Waals surface area contributed by atoms with Gasteiger partial charge in [-0.15, -0.1) is 0 Å². The zero-order chi connectivity index (χ0) is 51.4. The summed E-state index contributed by atoms with van der Waals surface area (Å²) in [6, 6.07) is 67.5. The lowest BCUT2D eigenvalue weighted by molar-refractivity contribution is 1.01. The van der Waals surface area contributed by atoms with E-state index in [0.29, 0.717) is 45.4 Å². The number of pyridine rings is 4. The lowest BCUT2D eigenvalue weighted by atomic mass is 9.96. The molecule has 7 aromatic carbocycles. The normalized spacial score (nSPS) is 11.8. The number of hydrogen-bond donors (Lipinski definition) is 0. The summed E-state index contributed by atoms with van der Waals surface area (Å²) in [6.07, 6.45) is 15.1. The van der Waals surface area contributed by atoms with E-state index in [9.17, 15) is 5.26 Å². The van der Waals surface area contributed by atoms with Crippen LogP contribution < -0.4 is 0 Å². The predicted octanol–water partition coefficient (Wildman–Crippen LogP) is 15.3. The predicted molar refractivity (Wildman–Crippen MR) is 312 cm³/mol. The zero-order valence-corrected chi connectivity index (χ0v) is 41.4. The molecule has 0 spiro atoms. The molecule has 0 saturated heterocycles. The van der Waals surface area contributed by atoms with Crippen LogP contribution >= 0.6 is 0 Å². The van der Waals surface area contributed by atoms with Crippen molar-refractivity contribution in [3.8, 4) is 62.7 Å². The highest BCUT2D eigenvalue weighted by Crippen LogP contribution is 2.51. The molecule has 0 unspecified atom stereocenters. The lowest BCUT2D eigenvalue weighted by Gasteiger charge is -2.29. The molecule has 9 heterocycles. The molecule has 0 aliphatic rings. The fourth-order valence-corrected chi connectivity index (χ4v) is 12.2. The van der Waals surface area contributed by atoms with Crippen LogP contribution in [0.5, 0.6) is 0 Å². The Balaban J connectivity index is 1.27. The van der Waals surface area contributed by atoms with Crippen LogP contribution in [0.25, 0.3) is 144 Å². The van der Waals surface area contributed by atoms with Gasteiger partial charge in [-0.3, -0.25) is 19.9 Å². The van der Waals surface area contributed by atoms with Gasteiger partial charge in [0.25, 0.3) is 0 Å². The molecule has 0 amide bonds. The summed E-state index contributed by atoms with van der Waals surface area (Å²) < 4.78 is 9.18. The minimum absolute atomic E-state index is 0.336. The number of rotatable bonds is 7. The molecule has 362 valence electrons. The molecular weight excluding hydrogens is 959 g/mol. The van der Waals surface area contributed by atoms with Crippen LogP contribution in [0.2, 0.25) is 0 Å². The smallest absolute Gasteiger partial charge is 0.164 e. The Bertz CT molecular complexity index is 4900. The summed E-state index contributed by atoms with van der Waals surface area (Å²) >= 11 is 0. The van der Waals surface area contributed by atoms with Gasteiger partial charge in [0, 0.05) is 79.0 Å². The Hall–Kier alpha value is -11.1. The molecule has 0 atom stereocenters. The maximum atomic E-state index is 12.8. The van der Waals surface area contributed by atoms with E-state index >= 15 is 0 Å². The van der Waals surface area contributed by atoms with Crippen molar-refractivity contribution in [3.63, 3.8) is 0 Å². The van der Waals surface area contributed by atoms with Crippen molar-refractivity contribution in [2.45, 2.75) is 0 Å².